The summed E-state index contributed by atoms with van der Waals surface area (Å²) in [7, 11) is 0. The first-order valence-corrected chi connectivity index (χ1v) is 9.81. The number of nitrogens with zero attached hydrogens (tertiary/aromatic N) is 3. The smallest absolute Gasteiger partial charge is 0.404 e. The van der Waals surface area contributed by atoms with Crippen LogP contribution in [0, 0.1) is 11.8 Å². The minimum absolute atomic E-state index is 0.0484. The largest absolute Gasteiger partial charge is 0.446 e. The summed E-state index contributed by atoms with van der Waals surface area (Å²) >= 11 is 0. The zero-order valence-electron chi connectivity index (χ0n) is 15.9. The Balaban J connectivity index is 1.46. The van der Waals surface area contributed by atoms with E-state index >= 15 is 0 Å². The van der Waals surface area contributed by atoms with Crippen LogP contribution >= 0.6 is 0 Å². The second-order valence-corrected chi connectivity index (χ2v) is 7.88. The third kappa shape index (κ3) is 4.99. The molecule has 1 aliphatic carbocycles. The molecule has 0 atom stereocenters. The number of nitrogens with one attached hydrogen (secondary N) is 1. The van der Waals surface area contributed by atoms with Crippen LogP contribution in [-0.4, -0.2) is 41.3 Å². The molecule has 2 aliphatic rings. The lowest BCUT2D eigenvalue weighted by molar-refractivity contribution is 0.0805. The summed E-state index contributed by atoms with van der Waals surface area (Å²) in [6.45, 7) is 6.75. The molecule has 26 heavy (non-hydrogen) atoms. The Morgan fingerprint density at radius 1 is 1.15 bits per heavy atom. The lowest BCUT2D eigenvalue weighted by Crippen LogP contribution is -2.36. The molecule has 3 N–H and O–H groups in total. The normalized spacial score (nSPS) is 24.5. The van der Waals surface area contributed by atoms with E-state index in [0.29, 0.717) is 6.04 Å². The molecule has 0 spiro atoms. The fourth-order valence-corrected chi connectivity index (χ4v) is 4.05. The van der Waals surface area contributed by atoms with Crippen LogP contribution in [-0.2, 0) is 4.74 Å². The summed E-state index contributed by atoms with van der Waals surface area (Å²) in [5.74, 6) is 3.37. The molecule has 0 radical (unpaired) electrons. The van der Waals surface area contributed by atoms with Crippen molar-refractivity contribution in [1.29, 1.82) is 0 Å². The molecule has 7 nitrogen and oxygen atoms in total. The maximum atomic E-state index is 10.8. The van der Waals surface area contributed by atoms with Gasteiger partial charge in [-0.3, -0.25) is 0 Å². The van der Waals surface area contributed by atoms with Crippen LogP contribution in [0.5, 0.6) is 0 Å². The van der Waals surface area contributed by atoms with Gasteiger partial charge in [-0.15, -0.1) is 0 Å². The van der Waals surface area contributed by atoms with Crippen molar-refractivity contribution in [2.24, 2.45) is 17.6 Å². The van der Waals surface area contributed by atoms with E-state index in [4.69, 9.17) is 10.5 Å². The van der Waals surface area contributed by atoms with Crippen molar-refractivity contribution in [1.82, 2.24) is 9.97 Å². The Hall–Kier alpha value is -2.05. The van der Waals surface area contributed by atoms with Gasteiger partial charge >= 0.3 is 6.09 Å². The van der Waals surface area contributed by atoms with Crippen LogP contribution in [0.25, 0.3) is 0 Å². The van der Waals surface area contributed by atoms with Gasteiger partial charge in [-0.1, -0.05) is 13.8 Å². The molecule has 7 heteroatoms. The summed E-state index contributed by atoms with van der Waals surface area (Å²) in [5.41, 5.74) is 5.08. The Morgan fingerprint density at radius 2 is 1.85 bits per heavy atom. The molecule has 1 aromatic rings. The molecule has 1 aromatic heterocycles. The zero-order chi connectivity index (χ0) is 18.5. The highest BCUT2D eigenvalue weighted by atomic mass is 16.6. The van der Waals surface area contributed by atoms with Crippen molar-refractivity contribution >= 4 is 17.7 Å². The lowest BCUT2D eigenvalue weighted by atomic mass is 9.87. The molecule has 3 rings (SSSR count). The molecule has 1 aliphatic heterocycles. The van der Waals surface area contributed by atoms with Crippen LogP contribution < -0.4 is 16.0 Å². The van der Waals surface area contributed by atoms with E-state index in [1.807, 2.05) is 12.4 Å². The monoisotopic (exact) mass is 361 g/mol. The number of anilines is 2. The standard InChI is InChI=1S/C19H31N5O2/c1-13(2)14-7-9-24(10-8-14)18-12-21-17(11-22-18)23-15-3-5-16(6-4-15)26-19(20)25/h11-16H,3-10H2,1-2H3,(H2,20,25)(H,21,23). The number of aromatic nitrogens is 2. The minimum atomic E-state index is -0.680. The molecule has 0 bridgehead atoms. The number of ether oxygens (including phenoxy) is 1. The first kappa shape index (κ1) is 18.7. The number of hydrogen-bond donors (Lipinski definition) is 2. The molecule has 1 saturated heterocycles. The maximum Gasteiger partial charge on any atom is 0.404 e. The number of carbonyl (C=O) groups excluding carboxylic acids is 1. The van der Waals surface area contributed by atoms with E-state index in [-0.39, 0.29) is 6.10 Å². The van der Waals surface area contributed by atoms with E-state index in [1.54, 1.807) is 0 Å². The highest BCUT2D eigenvalue weighted by Crippen LogP contribution is 2.27. The molecule has 2 heterocycles. The number of primary amides is 1. The Kier molecular flexibility index (Phi) is 6.16. The average Bonchev–Trinajstić information content (AvgIpc) is 2.64. The van der Waals surface area contributed by atoms with Crippen LogP contribution in [0.15, 0.2) is 12.4 Å². The van der Waals surface area contributed by atoms with Gasteiger partial charge in [0.1, 0.15) is 17.7 Å². The Morgan fingerprint density at radius 3 is 2.38 bits per heavy atom. The molecular formula is C19H31N5O2. The van der Waals surface area contributed by atoms with Crippen molar-refractivity contribution in [3.63, 3.8) is 0 Å². The van der Waals surface area contributed by atoms with Gasteiger partial charge in [-0.25, -0.2) is 14.8 Å². The highest BCUT2D eigenvalue weighted by Gasteiger charge is 2.24. The van der Waals surface area contributed by atoms with Crippen LogP contribution in [0.2, 0.25) is 0 Å². The van der Waals surface area contributed by atoms with Gasteiger partial charge in [0.25, 0.3) is 0 Å². The topological polar surface area (TPSA) is 93.4 Å². The van der Waals surface area contributed by atoms with Crippen LogP contribution in [0.4, 0.5) is 16.4 Å². The number of nitrogens with two attached hydrogens (primary N) is 1. The van der Waals surface area contributed by atoms with Gasteiger partial charge in [0.15, 0.2) is 0 Å². The number of hydrogen-bond acceptors (Lipinski definition) is 6. The molecule has 1 amide bonds. The Labute approximate surface area is 155 Å². The summed E-state index contributed by atoms with van der Waals surface area (Å²) < 4.78 is 5.07. The number of piperidine rings is 1. The second kappa shape index (κ2) is 8.56. The average molecular weight is 361 g/mol. The molecule has 144 valence electrons. The Bertz CT molecular complexity index is 576. The third-order valence-corrected chi connectivity index (χ3v) is 5.75. The van der Waals surface area contributed by atoms with Gasteiger partial charge in [0, 0.05) is 19.1 Å². The van der Waals surface area contributed by atoms with Gasteiger partial charge in [0.2, 0.25) is 0 Å². The molecule has 2 fully saturated rings. The fourth-order valence-electron chi connectivity index (χ4n) is 4.05. The van der Waals surface area contributed by atoms with Crippen LogP contribution in [0.3, 0.4) is 0 Å². The van der Waals surface area contributed by atoms with Gasteiger partial charge in [-0.2, -0.15) is 0 Å². The molecular weight excluding hydrogens is 330 g/mol. The zero-order valence-corrected chi connectivity index (χ0v) is 15.9. The maximum absolute atomic E-state index is 10.8. The van der Waals surface area contributed by atoms with Gasteiger partial charge < -0.3 is 20.7 Å². The van der Waals surface area contributed by atoms with E-state index in [1.165, 1.54) is 12.8 Å². The number of amides is 1. The minimum Gasteiger partial charge on any atom is -0.446 e. The first-order chi connectivity index (χ1) is 12.5. The molecule has 1 saturated carbocycles. The van der Waals surface area contributed by atoms with E-state index in [2.05, 4.69) is 34.0 Å². The quantitative estimate of drug-likeness (QED) is 0.837. The van der Waals surface area contributed by atoms with Crippen molar-refractivity contribution in [3.8, 4) is 0 Å². The lowest BCUT2D eigenvalue weighted by Gasteiger charge is -2.34. The second-order valence-electron chi connectivity index (χ2n) is 7.88. The molecule has 0 unspecified atom stereocenters. The summed E-state index contributed by atoms with van der Waals surface area (Å²) in [4.78, 5) is 22.3. The van der Waals surface area contributed by atoms with E-state index < -0.39 is 6.09 Å². The molecule has 0 aromatic carbocycles. The number of carbonyl (C=O) groups is 1. The number of rotatable bonds is 5. The van der Waals surface area contributed by atoms with E-state index in [0.717, 1.165) is 62.2 Å². The summed E-state index contributed by atoms with van der Waals surface area (Å²) in [5, 5.41) is 3.44. The van der Waals surface area contributed by atoms with Gasteiger partial charge in [-0.05, 0) is 50.4 Å². The van der Waals surface area contributed by atoms with Crippen molar-refractivity contribution in [2.45, 2.75) is 64.5 Å². The fraction of sp³-hybridized carbons (Fsp3) is 0.737. The predicted molar refractivity (Wildman–Crippen MR) is 102 cm³/mol. The summed E-state index contributed by atoms with van der Waals surface area (Å²) in [6.07, 6.45) is 8.97. The third-order valence-electron chi connectivity index (χ3n) is 5.75. The predicted octanol–water partition coefficient (Wildman–Crippen LogP) is 3.17. The van der Waals surface area contributed by atoms with Crippen molar-refractivity contribution in [3.05, 3.63) is 12.4 Å². The first-order valence-electron chi connectivity index (χ1n) is 9.81. The van der Waals surface area contributed by atoms with E-state index in [9.17, 15) is 4.79 Å². The van der Waals surface area contributed by atoms with Crippen molar-refractivity contribution in [2.75, 3.05) is 23.3 Å². The SMILES string of the molecule is CC(C)C1CCN(c2cnc(NC3CCC(OC(N)=O)CC3)cn2)CC1. The highest BCUT2D eigenvalue weighted by molar-refractivity contribution is 5.64. The summed E-state index contributed by atoms with van der Waals surface area (Å²) in [6, 6.07) is 0.338. The van der Waals surface area contributed by atoms with Crippen LogP contribution in [0.1, 0.15) is 52.4 Å². The van der Waals surface area contributed by atoms with Crippen molar-refractivity contribution < 1.29 is 9.53 Å². The van der Waals surface area contributed by atoms with Gasteiger partial charge in [0.05, 0.1) is 12.4 Å².